The molecule has 0 N–H and O–H groups in total. The number of hydrogen-bond donors (Lipinski definition) is 0. The molecule has 4 aromatic rings. The van der Waals surface area contributed by atoms with Crippen LogP contribution < -0.4 is 92.9 Å². The Labute approximate surface area is 310 Å². The molecule has 0 aliphatic heterocycles. The molecule has 0 unspecified atom stereocenters. The summed E-state index contributed by atoms with van der Waals surface area (Å²) in [5, 5.41) is 0. The van der Waals surface area contributed by atoms with E-state index < -0.39 is 15.4 Å². The third-order valence-corrected chi connectivity index (χ3v) is 13.2. The van der Waals surface area contributed by atoms with Crippen LogP contribution in [0.3, 0.4) is 0 Å². The fourth-order valence-corrected chi connectivity index (χ4v) is 11.0. The molecule has 4 aromatic carbocycles. The van der Waals surface area contributed by atoms with Crippen molar-refractivity contribution in [2.24, 2.45) is 0 Å². The van der Waals surface area contributed by atoms with Gasteiger partial charge >= 0.3 is 0 Å². The largest absolute Gasteiger partial charge is 0.138 e. The summed E-state index contributed by atoms with van der Waals surface area (Å²) in [7, 11) is 111. The monoisotopic (exact) mass is 594 g/mol. The molecule has 0 aliphatic rings. The molecule has 34 radical (unpaired) electrons. The van der Waals surface area contributed by atoms with Crippen LogP contribution in [0, 0.1) is 13.8 Å². The highest BCUT2D eigenvalue weighted by atomic mass is 32.3. The van der Waals surface area contributed by atoms with Crippen LogP contribution in [0.25, 0.3) is 0 Å². The molecule has 0 heterocycles. The van der Waals surface area contributed by atoms with Gasteiger partial charge in [0.15, 0.2) is 0 Å². The standard InChI is InChI=1S/C30H15B17S/c1-6-7(2)10(32)26(20(42)9(6)31)48(28-22(44)16(38)14(36)17(39)23(28)45,29-24(46)18(40)15(37)19(41)25(29)47)27-12(34)8(30(3,4)5)11(33)13(35)21(27)43/h1-5H3. The topological polar surface area (TPSA) is 0 Å². The molecule has 0 saturated carbocycles. The molecule has 0 aromatic heterocycles. The zero-order valence-electron chi connectivity index (χ0n) is 27.7. The Morgan fingerprint density at radius 3 is 0.854 bits per heavy atom. The second kappa shape index (κ2) is 13.1. The predicted molar refractivity (Wildman–Crippen MR) is 226 cm³/mol. The van der Waals surface area contributed by atoms with E-state index in [2.05, 4.69) is 0 Å². The average Bonchev–Trinajstić information content (AvgIpc) is 3.01. The van der Waals surface area contributed by atoms with Gasteiger partial charge in [0.05, 0.1) is 0 Å². The first-order valence-corrected chi connectivity index (χ1v) is 16.1. The zero-order chi connectivity index (χ0) is 36.9. The Morgan fingerprint density at radius 2 is 0.521 bits per heavy atom. The minimum absolute atomic E-state index is 0.0113. The van der Waals surface area contributed by atoms with Crippen LogP contribution in [0.1, 0.15) is 37.5 Å². The van der Waals surface area contributed by atoms with Gasteiger partial charge in [-0.2, -0.15) is 0 Å². The third-order valence-electron chi connectivity index (χ3n) is 9.03. The highest BCUT2D eigenvalue weighted by Crippen LogP contribution is 2.69. The molecule has 0 amide bonds. The van der Waals surface area contributed by atoms with Crippen molar-refractivity contribution in [2.75, 3.05) is 0 Å². The maximum absolute atomic E-state index is 7.21. The van der Waals surface area contributed by atoms with Gasteiger partial charge in [0, 0.05) is 0 Å². The molecule has 4 rings (SSSR count). The van der Waals surface area contributed by atoms with E-state index in [1.54, 1.807) is 13.8 Å². The van der Waals surface area contributed by atoms with Gasteiger partial charge in [0.2, 0.25) is 0 Å². The molecule has 0 nitrogen and oxygen atoms in total. The van der Waals surface area contributed by atoms with E-state index in [0.29, 0.717) is 16.7 Å². The SMILES string of the molecule is [B]c1c([B])c([B])c(S(c2c([B])c([B])c([B])c([B])c2[B])(c2c([B])c([B])c(C)c(C)c2[B])c2c([B])c([B])c([B])c(C(C)(C)C)c2[B])c([B])c1[B]. The Bertz CT molecular complexity index is 1810. The number of rotatable bonds is 4. The van der Waals surface area contributed by atoms with Gasteiger partial charge in [-0.05, 0) is 38.8 Å². The van der Waals surface area contributed by atoms with Crippen molar-refractivity contribution in [1.82, 2.24) is 0 Å². The van der Waals surface area contributed by atoms with Crippen LogP contribution in [0.5, 0.6) is 0 Å². The van der Waals surface area contributed by atoms with Gasteiger partial charge in [-0.25, -0.2) is 0 Å². The summed E-state index contributed by atoms with van der Waals surface area (Å²) < 4.78 is 0. The molecule has 0 atom stereocenters. The van der Waals surface area contributed by atoms with E-state index in [0.717, 1.165) is 0 Å². The summed E-state index contributed by atoms with van der Waals surface area (Å²) in [6.07, 6.45) is 0. The quantitative estimate of drug-likeness (QED) is 0.207. The summed E-state index contributed by atoms with van der Waals surface area (Å²) in [6.45, 7) is 9.14. The highest BCUT2D eigenvalue weighted by Gasteiger charge is 2.43. The van der Waals surface area contributed by atoms with Crippen LogP contribution in [-0.2, 0) is 5.41 Å². The maximum Gasteiger partial charge on any atom is 0.115 e. The molecule has 0 bridgehead atoms. The van der Waals surface area contributed by atoms with Gasteiger partial charge in [-0.1, -0.05) is 86.6 Å². The second-order valence-corrected chi connectivity index (χ2v) is 15.7. The number of benzene rings is 4. The molecular formula is C30H15B17S. The zero-order valence-corrected chi connectivity index (χ0v) is 28.5. The first kappa shape index (κ1) is 39.1. The lowest BCUT2D eigenvalue weighted by Gasteiger charge is -2.53. The smallest absolute Gasteiger partial charge is 0.115 e. The summed E-state index contributed by atoms with van der Waals surface area (Å²) in [5.41, 5.74) is -0.186. The van der Waals surface area contributed by atoms with Gasteiger partial charge in [0.1, 0.15) is 133 Å². The van der Waals surface area contributed by atoms with Crippen LogP contribution in [0.4, 0.5) is 0 Å². The van der Waals surface area contributed by atoms with E-state index in [9.17, 15) is 0 Å². The van der Waals surface area contributed by atoms with Crippen LogP contribution in [0.2, 0.25) is 0 Å². The van der Waals surface area contributed by atoms with Gasteiger partial charge < -0.3 is 0 Å². The Balaban J connectivity index is 2.73. The van der Waals surface area contributed by atoms with Crippen molar-refractivity contribution in [3.63, 3.8) is 0 Å². The van der Waals surface area contributed by atoms with Gasteiger partial charge in [0.25, 0.3) is 0 Å². The Morgan fingerprint density at radius 1 is 0.292 bits per heavy atom. The van der Waals surface area contributed by atoms with Crippen molar-refractivity contribution < 1.29 is 0 Å². The van der Waals surface area contributed by atoms with Crippen molar-refractivity contribution in [3.8, 4) is 0 Å². The molecule has 0 spiro atoms. The third kappa shape index (κ3) is 5.39. The van der Waals surface area contributed by atoms with E-state index in [4.69, 9.17) is 133 Å². The van der Waals surface area contributed by atoms with Gasteiger partial charge in [-0.15, -0.1) is 53.7 Å². The van der Waals surface area contributed by atoms with Crippen molar-refractivity contribution in [3.05, 3.63) is 16.7 Å². The summed E-state index contributed by atoms with van der Waals surface area (Å²) in [5.74, 6) is 0. The average molecular weight is 591 g/mol. The fourth-order valence-electron chi connectivity index (χ4n) is 6.24. The molecule has 0 aliphatic carbocycles. The molecule has 0 saturated heterocycles. The van der Waals surface area contributed by atoms with Crippen LogP contribution >= 0.6 is 10.0 Å². The van der Waals surface area contributed by atoms with Crippen LogP contribution in [0.15, 0.2) is 19.6 Å². The molecular weight excluding hydrogens is 576 g/mol. The predicted octanol–water partition coefficient (Wildman–Crippen LogP) is -11.6. The van der Waals surface area contributed by atoms with Crippen molar-refractivity contribution in [2.45, 2.75) is 59.6 Å². The first-order valence-electron chi connectivity index (χ1n) is 14.5. The normalized spacial score (nSPS) is 12.4. The second-order valence-electron chi connectivity index (χ2n) is 12.8. The molecule has 0 fully saturated rings. The summed E-state index contributed by atoms with van der Waals surface area (Å²) in [4.78, 5) is 0.230. The fraction of sp³-hybridized carbons (Fsp3) is 0.200. The van der Waals surface area contributed by atoms with Crippen molar-refractivity contribution in [1.29, 1.82) is 0 Å². The molecule has 18 heteroatoms. The summed E-state index contributed by atoms with van der Waals surface area (Å²) in [6, 6.07) is 0. The Kier molecular flexibility index (Phi) is 10.7. The van der Waals surface area contributed by atoms with Crippen molar-refractivity contribution >= 4 is 236 Å². The number of hydrogen-bond acceptors (Lipinski definition) is 0. The molecule has 192 valence electrons. The first-order chi connectivity index (χ1) is 21.9. The maximum atomic E-state index is 7.21. The highest BCUT2D eigenvalue weighted by molar-refractivity contribution is 8.35. The summed E-state index contributed by atoms with van der Waals surface area (Å²) >= 11 is 0. The minimum atomic E-state index is -3.71. The van der Waals surface area contributed by atoms with E-state index in [-0.39, 0.29) is 112 Å². The molecule has 48 heavy (non-hydrogen) atoms. The lowest BCUT2D eigenvalue weighted by molar-refractivity contribution is 0.597. The Hall–Kier alpha value is -1.67. The van der Waals surface area contributed by atoms with E-state index in [1.807, 2.05) is 20.8 Å². The van der Waals surface area contributed by atoms with E-state index >= 15 is 0 Å². The van der Waals surface area contributed by atoms with E-state index in [1.165, 1.54) is 0 Å². The van der Waals surface area contributed by atoms with Crippen LogP contribution in [-0.4, -0.2) is 133 Å². The lowest BCUT2D eigenvalue weighted by Crippen LogP contribution is -2.61. The minimum Gasteiger partial charge on any atom is -0.138 e. The lowest BCUT2D eigenvalue weighted by atomic mass is 9.62. The van der Waals surface area contributed by atoms with Gasteiger partial charge in [-0.3, -0.25) is 0 Å².